The molecule has 0 aliphatic carbocycles. The van der Waals surface area contributed by atoms with Gasteiger partial charge in [-0.3, -0.25) is 4.79 Å². The van der Waals surface area contributed by atoms with E-state index in [0.29, 0.717) is 24.0 Å². The molecule has 1 heterocycles. The number of rotatable bonds is 5. The molecule has 1 aromatic carbocycles. The maximum Gasteiger partial charge on any atom is 0.260 e. The van der Waals surface area contributed by atoms with Crippen LogP contribution in [0.5, 0.6) is 11.5 Å². The van der Waals surface area contributed by atoms with Crippen LogP contribution in [-0.2, 0) is 4.79 Å². The Labute approximate surface area is 131 Å². The van der Waals surface area contributed by atoms with Crippen LogP contribution >= 0.6 is 12.4 Å². The summed E-state index contributed by atoms with van der Waals surface area (Å²) in [7, 11) is 1.60. The Morgan fingerprint density at radius 2 is 2.14 bits per heavy atom. The highest BCUT2D eigenvalue weighted by molar-refractivity contribution is 5.85. The molecule has 2 rings (SSSR count). The normalized spacial score (nSPS) is 20.8. The summed E-state index contributed by atoms with van der Waals surface area (Å²) in [5.41, 5.74) is 5.67. The van der Waals surface area contributed by atoms with Crippen LogP contribution in [0, 0.1) is 5.92 Å². The van der Waals surface area contributed by atoms with Crippen LogP contribution in [-0.4, -0.2) is 43.7 Å². The van der Waals surface area contributed by atoms with Crippen molar-refractivity contribution in [2.75, 3.05) is 26.8 Å². The van der Waals surface area contributed by atoms with Crippen LogP contribution in [0.1, 0.15) is 13.3 Å². The van der Waals surface area contributed by atoms with Crippen molar-refractivity contribution in [3.05, 3.63) is 24.3 Å². The van der Waals surface area contributed by atoms with E-state index in [0.717, 1.165) is 13.0 Å². The molecule has 21 heavy (non-hydrogen) atoms. The van der Waals surface area contributed by atoms with Crippen LogP contribution in [0.15, 0.2) is 24.3 Å². The Balaban J connectivity index is 0.00000220. The predicted octanol–water partition coefficient (Wildman–Crippen LogP) is 1.69. The van der Waals surface area contributed by atoms with Gasteiger partial charge in [0.2, 0.25) is 0 Å². The van der Waals surface area contributed by atoms with Gasteiger partial charge in [0.05, 0.1) is 7.11 Å². The topological polar surface area (TPSA) is 64.8 Å². The predicted molar refractivity (Wildman–Crippen MR) is 84.1 cm³/mol. The number of halogens is 1. The monoisotopic (exact) mass is 314 g/mol. The van der Waals surface area contributed by atoms with Crippen LogP contribution in [0.3, 0.4) is 0 Å². The minimum absolute atomic E-state index is 0. The summed E-state index contributed by atoms with van der Waals surface area (Å²) < 4.78 is 10.7. The zero-order valence-electron chi connectivity index (χ0n) is 12.5. The molecule has 1 amide bonds. The highest BCUT2D eigenvalue weighted by Crippen LogP contribution is 2.23. The van der Waals surface area contributed by atoms with E-state index < -0.39 is 0 Å². The molecule has 2 atom stereocenters. The van der Waals surface area contributed by atoms with Gasteiger partial charge >= 0.3 is 0 Å². The molecular weight excluding hydrogens is 292 g/mol. The summed E-state index contributed by atoms with van der Waals surface area (Å²) in [5.74, 6) is 1.77. The average Bonchev–Trinajstić information content (AvgIpc) is 2.86. The lowest BCUT2D eigenvalue weighted by atomic mass is 10.1. The highest BCUT2D eigenvalue weighted by Gasteiger charge is 2.31. The van der Waals surface area contributed by atoms with Gasteiger partial charge in [0.1, 0.15) is 11.5 Å². The largest absolute Gasteiger partial charge is 0.497 e. The number of ether oxygens (including phenoxy) is 2. The third-order valence-electron chi connectivity index (χ3n) is 3.72. The van der Waals surface area contributed by atoms with Crippen LogP contribution in [0.4, 0.5) is 0 Å². The minimum atomic E-state index is 0. The Bertz CT molecular complexity index is 470. The minimum Gasteiger partial charge on any atom is -0.497 e. The molecular formula is C15H23ClN2O3. The number of carbonyl (C=O) groups is 1. The number of amides is 1. The third-order valence-corrected chi connectivity index (χ3v) is 3.72. The van der Waals surface area contributed by atoms with E-state index in [2.05, 4.69) is 6.92 Å². The Morgan fingerprint density at radius 1 is 1.43 bits per heavy atom. The van der Waals surface area contributed by atoms with Crippen molar-refractivity contribution in [3.63, 3.8) is 0 Å². The molecule has 1 saturated heterocycles. The number of hydrogen-bond acceptors (Lipinski definition) is 4. The zero-order valence-corrected chi connectivity index (χ0v) is 13.3. The number of benzene rings is 1. The summed E-state index contributed by atoms with van der Waals surface area (Å²) in [6.07, 6.45) is 0.974. The van der Waals surface area contributed by atoms with E-state index in [-0.39, 0.29) is 31.0 Å². The number of carbonyl (C=O) groups excluding carboxylic acids is 1. The van der Waals surface area contributed by atoms with Crippen molar-refractivity contribution in [1.82, 2.24) is 4.90 Å². The fraction of sp³-hybridized carbons (Fsp3) is 0.533. The summed E-state index contributed by atoms with van der Waals surface area (Å²) >= 11 is 0. The molecule has 2 unspecified atom stereocenters. The Kier molecular flexibility index (Phi) is 6.78. The molecule has 2 N–H and O–H groups in total. The van der Waals surface area contributed by atoms with Crippen molar-refractivity contribution in [2.24, 2.45) is 11.7 Å². The molecule has 0 radical (unpaired) electrons. The number of likely N-dealkylation sites (tertiary alicyclic amines) is 1. The summed E-state index contributed by atoms with van der Waals surface area (Å²) in [6.45, 7) is 3.47. The van der Waals surface area contributed by atoms with E-state index in [4.69, 9.17) is 15.2 Å². The van der Waals surface area contributed by atoms with Crippen LogP contribution < -0.4 is 15.2 Å². The summed E-state index contributed by atoms with van der Waals surface area (Å²) in [6, 6.07) is 7.49. The summed E-state index contributed by atoms with van der Waals surface area (Å²) in [4.78, 5) is 14.0. The van der Waals surface area contributed by atoms with Crippen molar-refractivity contribution in [1.29, 1.82) is 0 Å². The van der Waals surface area contributed by atoms with Gasteiger partial charge in [0.25, 0.3) is 5.91 Å². The second-order valence-corrected chi connectivity index (χ2v) is 5.20. The maximum atomic E-state index is 12.2. The van der Waals surface area contributed by atoms with Gasteiger partial charge in [-0.05, 0) is 37.9 Å². The molecule has 1 aliphatic heterocycles. The van der Waals surface area contributed by atoms with Crippen molar-refractivity contribution >= 4 is 18.3 Å². The van der Waals surface area contributed by atoms with Gasteiger partial charge in [-0.25, -0.2) is 0 Å². The highest BCUT2D eigenvalue weighted by atomic mass is 35.5. The first-order valence-electron chi connectivity index (χ1n) is 6.90. The SMILES string of the molecule is COc1cccc(OCC(=O)N2CC(CN)CC2C)c1.Cl. The molecule has 118 valence electrons. The molecule has 0 aromatic heterocycles. The van der Waals surface area contributed by atoms with Crippen molar-refractivity contribution in [3.8, 4) is 11.5 Å². The third kappa shape index (κ3) is 4.51. The Morgan fingerprint density at radius 3 is 2.76 bits per heavy atom. The molecule has 1 fully saturated rings. The van der Waals surface area contributed by atoms with E-state index in [1.807, 2.05) is 23.1 Å². The average molecular weight is 315 g/mol. The van der Waals surface area contributed by atoms with Crippen LogP contribution in [0.2, 0.25) is 0 Å². The fourth-order valence-electron chi connectivity index (χ4n) is 2.58. The number of nitrogens with zero attached hydrogens (tertiary/aromatic N) is 1. The molecule has 0 bridgehead atoms. The molecule has 6 heteroatoms. The van der Waals surface area contributed by atoms with E-state index in [9.17, 15) is 4.79 Å². The number of hydrogen-bond donors (Lipinski definition) is 1. The second kappa shape index (κ2) is 8.10. The van der Waals surface area contributed by atoms with E-state index >= 15 is 0 Å². The van der Waals surface area contributed by atoms with E-state index in [1.165, 1.54) is 0 Å². The first-order chi connectivity index (χ1) is 9.63. The van der Waals surface area contributed by atoms with Gasteiger partial charge in [-0.15, -0.1) is 12.4 Å². The maximum absolute atomic E-state index is 12.2. The van der Waals surface area contributed by atoms with Gasteiger partial charge in [-0.1, -0.05) is 6.07 Å². The zero-order chi connectivity index (χ0) is 14.5. The quantitative estimate of drug-likeness (QED) is 0.898. The fourth-order valence-corrected chi connectivity index (χ4v) is 2.58. The number of nitrogens with two attached hydrogens (primary N) is 1. The molecule has 0 spiro atoms. The first kappa shape index (κ1) is 17.6. The molecule has 1 aliphatic rings. The van der Waals surface area contributed by atoms with Gasteiger partial charge in [0, 0.05) is 18.7 Å². The Hall–Kier alpha value is -1.46. The van der Waals surface area contributed by atoms with E-state index in [1.54, 1.807) is 13.2 Å². The lowest BCUT2D eigenvalue weighted by Crippen LogP contribution is -2.37. The second-order valence-electron chi connectivity index (χ2n) is 5.20. The lowest BCUT2D eigenvalue weighted by Gasteiger charge is -2.21. The first-order valence-corrected chi connectivity index (χ1v) is 6.90. The standard InChI is InChI=1S/C15H22N2O3.ClH/c1-11-6-12(8-16)9-17(11)15(18)10-20-14-5-3-4-13(7-14)19-2;/h3-5,7,11-12H,6,8-10,16H2,1-2H3;1H. The molecule has 0 saturated carbocycles. The summed E-state index contributed by atoms with van der Waals surface area (Å²) in [5, 5.41) is 0. The lowest BCUT2D eigenvalue weighted by molar-refractivity contribution is -0.134. The van der Waals surface area contributed by atoms with Crippen molar-refractivity contribution < 1.29 is 14.3 Å². The van der Waals surface area contributed by atoms with Gasteiger partial charge < -0.3 is 20.1 Å². The smallest absolute Gasteiger partial charge is 0.260 e. The molecule has 1 aromatic rings. The van der Waals surface area contributed by atoms with Gasteiger partial charge in [-0.2, -0.15) is 0 Å². The number of methoxy groups -OCH3 is 1. The van der Waals surface area contributed by atoms with Gasteiger partial charge in [0.15, 0.2) is 6.61 Å². The molecule has 5 nitrogen and oxygen atoms in total. The van der Waals surface area contributed by atoms with Crippen LogP contribution in [0.25, 0.3) is 0 Å². The van der Waals surface area contributed by atoms with Crippen molar-refractivity contribution in [2.45, 2.75) is 19.4 Å².